The normalized spacial score (nSPS) is 10.8. The molecule has 0 aliphatic carbocycles. The van der Waals surface area contributed by atoms with Gasteiger partial charge in [-0.05, 0) is 37.3 Å². The van der Waals surface area contributed by atoms with Crippen molar-refractivity contribution in [3.8, 4) is 16.9 Å². The van der Waals surface area contributed by atoms with E-state index in [0.717, 1.165) is 5.69 Å². The molecule has 0 aliphatic rings. The maximum absolute atomic E-state index is 13.1. The predicted molar refractivity (Wildman–Crippen MR) is 83.1 cm³/mol. The summed E-state index contributed by atoms with van der Waals surface area (Å²) in [6.07, 6.45) is 1.72. The molecule has 0 saturated carbocycles. The van der Waals surface area contributed by atoms with Gasteiger partial charge in [0.05, 0.1) is 22.6 Å². The fourth-order valence-corrected chi connectivity index (χ4v) is 2.36. The number of nitrogens with zero attached hydrogens (tertiary/aromatic N) is 2. The average molecular weight is 302 g/mol. The molecule has 106 valence electrons. The fraction of sp³-hybridized carbons (Fsp3) is 0.0625. The largest absolute Gasteiger partial charge is 0.396 e. The molecule has 0 saturated heterocycles. The highest BCUT2D eigenvalue weighted by atomic mass is 35.5. The lowest BCUT2D eigenvalue weighted by Crippen LogP contribution is -1.95. The Bertz CT molecular complexity index is 794. The summed E-state index contributed by atoms with van der Waals surface area (Å²) in [5.41, 5.74) is 9.72. The minimum Gasteiger partial charge on any atom is -0.396 e. The zero-order valence-electron chi connectivity index (χ0n) is 11.3. The topological polar surface area (TPSA) is 43.8 Å². The van der Waals surface area contributed by atoms with Crippen molar-refractivity contribution in [3.63, 3.8) is 0 Å². The predicted octanol–water partition coefficient (Wildman–Crippen LogP) is 4.22. The standard InChI is InChI=1S/C16H13ClFN3/c1-10-2-5-12(6-3-10)21-9-15(19)16(20-21)13-7-4-11(18)8-14(13)17/h2-9H,19H2,1H3. The van der Waals surface area contributed by atoms with E-state index in [1.165, 1.54) is 17.7 Å². The van der Waals surface area contributed by atoms with Gasteiger partial charge in [0, 0.05) is 5.56 Å². The molecule has 3 aromatic rings. The van der Waals surface area contributed by atoms with Gasteiger partial charge >= 0.3 is 0 Å². The van der Waals surface area contributed by atoms with Crippen LogP contribution in [0.15, 0.2) is 48.7 Å². The lowest BCUT2D eigenvalue weighted by Gasteiger charge is -2.03. The lowest BCUT2D eigenvalue weighted by atomic mass is 10.1. The first-order valence-corrected chi connectivity index (χ1v) is 6.80. The first kappa shape index (κ1) is 13.6. The van der Waals surface area contributed by atoms with E-state index < -0.39 is 0 Å². The smallest absolute Gasteiger partial charge is 0.124 e. The van der Waals surface area contributed by atoms with E-state index >= 15 is 0 Å². The van der Waals surface area contributed by atoms with Gasteiger partial charge in [-0.2, -0.15) is 5.10 Å². The second-order valence-corrected chi connectivity index (χ2v) is 5.24. The number of aryl methyl sites for hydroxylation is 1. The first-order chi connectivity index (χ1) is 10.0. The van der Waals surface area contributed by atoms with Crippen LogP contribution in [0.5, 0.6) is 0 Å². The fourth-order valence-electron chi connectivity index (χ4n) is 2.11. The molecule has 0 unspecified atom stereocenters. The van der Waals surface area contributed by atoms with Gasteiger partial charge in [-0.25, -0.2) is 9.07 Å². The molecule has 0 spiro atoms. The van der Waals surface area contributed by atoms with Gasteiger partial charge in [-0.3, -0.25) is 0 Å². The summed E-state index contributed by atoms with van der Waals surface area (Å²) >= 11 is 6.07. The van der Waals surface area contributed by atoms with Crippen LogP contribution in [-0.2, 0) is 0 Å². The van der Waals surface area contributed by atoms with Crippen LogP contribution in [0.4, 0.5) is 10.1 Å². The number of nitrogens with two attached hydrogens (primary N) is 1. The highest BCUT2D eigenvalue weighted by Gasteiger charge is 2.13. The molecule has 0 atom stereocenters. The number of benzene rings is 2. The summed E-state index contributed by atoms with van der Waals surface area (Å²) in [4.78, 5) is 0. The zero-order chi connectivity index (χ0) is 15.0. The van der Waals surface area contributed by atoms with Crippen LogP contribution < -0.4 is 5.73 Å². The van der Waals surface area contributed by atoms with Crippen molar-refractivity contribution in [2.75, 3.05) is 5.73 Å². The second kappa shape index (κ2) is 5.22. The quantitative estimate of drug-likeness (QED) is 0.770. The van der Waals surface area contributed by atoms with Crippen LogP contribution in [0.25, 0.3) is 16.9 Å². The van der Waals surface area contributed by atoms with Gasteiger partial charge in [-0.15, -0.1) is 0 Å². The van der Waals surface area contributed by atoms with Crippen LogP contribution >= 0.6 is 11.6 Å². The SMILES string of the molecule is Cc1ccc(-n2cc(N)c(-c3ccc(F)cc3Cl)n2)cc1. The molecule has 1 heterocycles. The summed E-state index contributed by atoms with van der Waals surface area (Å²) < 4.78 is 14.8. The molecule has 2 N–H and O–H groups in total. The van der Waals surface area contributed by atoms with Crippen LogP contribution in [-0.4, -0.2) is 9.78 Å². The van der Waals surface area contributed by atoms with Gasteiger partial charge in [0.2, 0.25) is 0 Å². The monoisotopic (exact) mass is 301 g/mol. The number of hydrogen-bond donors (Lipinski definition) is 1. The number of halogens is 2. The van der Waals surface area contributed by atoms with Crippen molar-refractivity contribution >= 4 is 17.3 Å². The van der Waals surface area contributed by atoms with Gasteiger partial charge in [-0.1, -0.05) is 29.3 Å². The Morgan fingerprint density at radius 2 is 1.86 bits per heavy atom. The van der Waals surface area contributed by atoms with E-state index in [1.807, 2.05) is 31.2 Å². The summed E-state index contributed by atoms with van der Waals surface area (Å²) in [5, 5.41) is 4.74. The lowest BCUT2D eigenvalue weighted by molar-refractivity contribution is 0.628. The Morgan fingerprint density at radius 1 is 1.14 bits per heavy atom. The first-order valence-electron chi connectivity index (χ1n) is 6.42. The molecule has 21 heavy (non-hydrogen) atoms. The van der Waals surface area contributed by atoms with Crippen molar-refractivity contribution in [2.24, 2.45) is 0 Å². The van der Waals surface area contributed by atoms with E-state index in [9.17, 15) is 4.39 Å². The molecule has 5 heteroatoms. The van der Waals surface area contributed by atoms with Crippen molar-refractivity contribution < 1.29 is 4.39 Å². The maximum Gasteiger partial charge on any atom is 0.124 e. The average Bonchev–Trinajstić information content (AvgIpc) is 2.81. The number of hydrogen-bond acceptors (Lipinski definition) is 2. The number of aromatic nitrogens is 2. The Morgan fingerprint density at radius 3 is 2.52 bits per heavy atom. The van der Waals surface area contributed by atoms with Crippen LogP contribution in [0.1, 0.15) is 5.56 Å². The molecule has 0 radical (unpaired) electrons. The molecule has 1 aromatic heterocycles. The zero-order valence-corrected chi connectivity index (χ0v) is 12.1. The van der Waals surface area contributed by atoms with E-state index in [1.54, 1.807) is 16.9 Å². The third-order valence-corrected chi connectivity index (χ3v) is 3.54. The second-order valence-electron chi connectivity index (χ2n) is 4.84. The highest BCUT2D eigenvalue weighted by molar-refractivity contribution is 6.33. The number of rotatable bonds is 2. The Kier molecular flexibility index (Phi) is 3.39. The molecular formula is C16H13ClFN3. The third kappa shape index (κ3) is 2.62. The Hall–Kier alpha value is -2.33. The van der Waals surface area contributed by atoms with Crippen molar-refractivity contribution in [3.05, 3.63) is 65.1 Å². The minimum atomic E-state index is -0.389. The summed E-state index contributed by atoms with van der Waals surface area (Å²) in [6.45, 7) is 2.02. The molecule has 3 nitrogen and oxygen atoms in total. The van der Waals surface area contributed by atoms with E-state index in [0.29, 0.717) is 16.9 Å². The molecular weight excluding hydrogens is 289 g/mol. The van der Waals surface area contributed by atoms with Gasteiger partial charge in [0.1, 0.15) is 11.5 Å². The highest BCUT2D eigenvalue weighted by Crippen LogP contribution is 2.31. The van der Waals surface area contributed by atoms with E-state index in [-0.39, 0.29) is 10.8 Å². The van der Waals surface area contributed by atoms with Crippen LogP contribution in [0.2, 0.25) is 5.02 Å². The van der Waals surface area contributed by atoms with Crippen molar-refractivity contribution in [1.82, 2.24) is 9.78 Å². The van der Waals surface area contributed by atoms with Crippen molar-refractivity contribution in [1.29, 1.82) is 0 Å². The molecule has 0 fully saturated rings. The summed E-state index contributed by atoms with van der Waals surface area (Å²) in [7, 11) is 0. The maximum atomic E-state index is 13.1. The summed E-state index contributed by atoms with van der Waals surface area (Å²) in [6, 6.07) is 12.1. The van der Waals surface area contributed by atoms with Crippen LogP contribution in [0.3, 0.4) is 0 Å². The van der Waals surface area contributed by atoms with Crippen LogP contribution in [0, 0.1) is 12.7 Å². The molecule has 0 aliphatic heterocycles. The van der Waals surface area contributed by atoms with E-state index in [4.69, 9.17) is 17.3 Å². The number of anilines is 1. The third-order valence-electron chi connectivity index (χ3n) is 3.23. The Balaban J connectivity index is 2.07. The van der Waals surface area contributed by atoms with Gasteiger partial charge in [0.15, 0.2) is 0 Å². The number of nitrogen functional groups attached to an aromatic ring is 1. The van der Waals surface area contributed by atoms with Crippen molar-refractivity contribution in [2.45, 2.75) is 6.92 Å². The van der Waals surface area contributed by atoms with E-state index in [2.05, 4.69) is 5.10 Å². The summed E-state index contributed by atoms with van der Waals surface area (Å²) in [5.74, 6) is -0.389. The van der Waals surface area contributed by atoms with Gasteiger partial charge < -0.3 is 5.73 Å². The minimum absolute atomic E-state index is 0.288. The Labute approximate surface area is 126 Å². The molecule has 3 rings (SSSR count). The molecule has 2 aromatic carbocycles. The molecule has 0 amide bonds. The van der Waals surface area contributed by atoms with Gasteiger partial charge in [0.25, 0.3) is 0 Å². The molecule has 0 bridgehead atoms.